The molecule has 1 atom stereocenters. The van der Waals surface area contributed by atoms with Gasteiger partial charge >= 0.3 is 0 Å². The number of thioether (sulfide) groups is 1. The number of fused-ring (bicyclic) bond motifs is 4. The molecular formula is C30H33N3O4S. The van der Waals surface area contributed by atoms with Gasteiger partial charge in [-0.25, -0.2) is 4.98 Å². The fraction of sp³-hybridized carbons (Fsp3) is 0.467. The maximum absolute atomic E-state index is 14.6. The third kappa shape index (κ3) is 4.47. The molecule has 0 radical (unpaired) electrons. The maximum atomic E-state index is 14.6. The highest BCUT2D eigenvalue weighted by Crippen LogP contribution is 2.50. The van der Waals surface area contributed by atoms with Gasteiger partial charge in [-0.1, -0.05) is 61.0 Å². The first-order chi connectivity index (χ1) is 18.3. The van der Waals surface area contributed by atoms with Crippen LogP contribution in [0.3, 0.4) is 0 Å². The van der Waals surface area contributed by atoms with Crippen LogP contribution in [0.15, 0.2) is 58.5 Å². The largest absolute Gasteiger partial charge is 0.375 e. The highest BCUT2D eigenvalue weighted by molar-refractivity contribution is 7.98. The zero-order valence-corrected chi connectivity index (χ0v) is 22.8. The second-order valence-electron chi connectivity index (χ2n) is 11.6. The molecule has 0 amide bonds. The number of non-ortho nitro benzene ring substituents is 1. The molecule has 198 valence electrons. The summed E-state index contributed by atoms with van der Waals surface area (Å²) in [5.74, 6) is 0.572. The summed E-state index contributed by atoms with van der Waals surface area (Å²) in [4.78, 5) is 30.6. The van der Waals surface area contributed by atoms with Crippen molar-refractivity contribution < 1.29 is 9.66 Å². The predicted octanol–water partition coefficient (Wildman–Crippen LogP) is 6.61. The summed E-state index contributed by atoms with van der Waals surface area (Å²) < 4.78 is 7.99. The minimum Gasteiger partial charge on any atom is -0.375 e. The molecule has 2 aromatic carbocycles. The van der Waals surface area contributed by atoms with E-state index in [9.17, 15) is 14.9 Å². The van der Waals surface area contributed by atoms with E-state index in [1.807, 2.05) is 10.6 Å². The Morgan fingerprint density at radius 1 is 1.13 bits per heavy atom. The Morgan fingerprint density at radius 3 is 2.58 bits per heavy atom. The Balaban J connectivity index is 1.49. The van der Waals surface area contributed by atoms with Crippen LogP contribution in [0, 0.1) is 10.1 Å². The first kappa shape index (κ1) is 25.3. The smallest absolute Gasteiger partial charge is 0.269 e. The van der Waals surface area contributed by atoms with Crippen molar-refractivity contribution in [1.82, 2.24) is 9.55 Å². The Morgan fingerprint density at radius 2 is 1.87 bits per heavy atom. The van der Waals surface area contributed by atoms with E-state index in [-0.39, 0.29) is 33.2 Å². The first-order valence-corrected chi connectivity index (χ1v) is 14.5. The Hall–Kier alpha value is -2.97. The van der Waals surface area contributed by atoms with E-state index in [2.05, 4.69) is 32.0 Å². The van der Waals surface area contributed by atoms with Gasteiger partial charge in [0.25, 0.3) is 11.2 Å². The van der Waals surface area contributed by atoms with Crippen molar-refractivity contribution in [3.63, 3.8) is 0 Å². The highest BCUT2D eigenvalue weighted by Gasteiger charge is 2.45. The normalized spacial score (nSPS) is 21.2. The standard InChI is InChI=1S/C30H33N3O4S/c1-29(2)18-23(13-16-37-29)32-27(34)25-26(24-8-4-3-7-21(24)17-30(25)14-5-6-15-30)31-28(32)38-19-20-9-11-22(12-10-20)33(35)36/h3-4,7-12,23H,5-6,13-19H2,1-2H3. The molecule has 1 unspecified atom stereocenters. The number of ether oxygens (including phenoxy) is 1. The molecule has 3 aliphatic rings. The molecule has 3 aromatic rings. The number of benzene rings is 2. The average molecular weight is 532 g/mol. The van der Waals surface area contributed by atoms with Gasteiger partial charge in [0.2, 0.25) is 0 Å². The lowest BCUT2D eigenvalue weighted by Gasteiger charge is -2.40. The number of hydrogen-bond donors (Lipinski definition) is 0. The Labute approximate surface area is 226 Å². The van der Waals surface area contributed by atoms with E-state index in [1.165, 1.54) is 17.7 Å². The summed E-state index contributed by atoms with van der Waals surface area (Å²) in [7, 11) is 0. The minimum absolute atomic E-state index is 0.0130. The van der Waals surface area contributed by atoms with Crippen LogP contribution in [-0.2, 0) is 22.3 Å². The molecule has 1 saturated heterocycles. The van der Waals surface area contributed by atoms with Gasteiger partial charge in [-0.3, -0.25) is 19.5 Å². The van der Waals surface area contributed by atoms with Crippen LogP contribution in [0.25, 0.3) is 11.3 Å². The minimum atomic E-state index is -0.386. The fourth-order valence-electron chi connectivity index (χ4n) is 6.73. The van der Waals surface area contributed by atoms with E-state index in [0.717, 1.165) is 72.5 Å². The zero-order chi connectivity index (χ0) is 26.5. The summed E-state index contributed by atoms with van der Waals surface area (Å²) >= 11 is 1.54. The second-order valence-corrected chi connectivity index (χ2v) is 12.5. The van der Waals surface area contributed by atoms with Crippen LogP contribution in [-0.4, -0.2) is 26.7 Å². The van der Waals surface area contributed by atoms with Gasteiger partial charge in [0.05, 0.1) is 21.8 Å². The second kappa shape index (κ2) is 9.65. The lowest BCUT2D eigenvalue weighted by molar-refractivity contribution is -0.384. The molecule has 7 nitrogen and oxygen atoms in total. The number of nitrogens with zero attached hydrogens (tertiary/aromatic N) is 3. The van der Waals surface area contributed by atoms with Crippen LogP contribution < -0.4 is 5.56 Å². The van der Waals surface area contributed by atoms with E-state index < -0.39 is 0 Å². The molecular weight excluding hydrogens is 498 g/mol. The first-order valence-electron chi connectivity index (χ1n) is 13.5. The Bertz CT molecular complexity index is 1440. The van der Waals surface area contributed by atoms with Crippen LogP contribution in [0.2, 0.25) is 0 Å². The molecule has 2 fully saturated rings. The van der Waals surface area contributed by atoms with Crippen LogP contribution >= 0.6 is 11.8 Å². The molecule has 38 heavy (non-hydrogen) atoms. The summed E-state index contributed by atoms with van der Waals surface area (Å²) in [6.45, 7) is 4.80. The number of aromatic nitrogens is 2. The quantitative estimate of drug-likeness (QED) is 0.159. The highest BCUT2D eigenvalue weighted by atomic mass is 32.2. The summed E-state index contributed by atoms with van der Waals surface area (Å²) in [6, 6.07) is 15.1. The molecule has 1 aliphatic heterocycles. The number of rotatable bonds is 5. The topological polar surface area (TPSA) is 87.3 Å². The molecule has 2 aliphatic carbocycles. The van der Waals surface area contributed by atoms with E-state index in [0.29, 0.717) is 12.4 Å². The van der Waals surface area contributed by atoms with E-state index >= 15 is 0 Å². The van der Waals surface area contributed by atoms with Crippen molar-refractivity contribution in [2.24, 2.45) is 0 Å². The van der Waals surface area contributed by atoms with Gasteiger partial charge in [-0.05, 0) is 57.1 Å². The van der Waals surface area contributed by atoms with Crippen molar-refractivity contribution >= 4 is 17.4 Å². The van der Waals surface area contributed by atoms with Gasteiger partial charge in [-0.2, -0.15) is 0 Å². The van der Waals surface area contributed by atoms with Crippen LogP contribution in [0.5, 0.6) is 0 Å². The molecule has 1 saturated carbocycles. The third-order valence-electron chi connectivity index (χ3n) is 8.53. The van der Waals surface area contributed by atoms with Crippen molar-refractivity contribution in [2.75, 3.05) is 6.61 Å². The van der Waals surface area contributed by atoms with Crippen molar-refractivity contribution in [2.45, 2.75) is 86.8 Å². The summed E-state index contributed by atoms with van der Waals surface area (Å²) in [5, 5.41) is 11.8. The average Bonchev–Trinajstić information content (AvgIpc) is 3.35. The van der Waals surface area contributed by atoms with E-state index in [1.54, 1.807) is 23.9 Å². The van der Waals surface area contributed by atoms with Crippen molar-refractivity contribution in [3.8, 4) is 11.3 Å². The van der Waals surface area contributed by atoms with Crippen molar-refractivity contribution in [1.29, 1.82) is 0 Å². The van der Waals surface area contributed by atoms with Crippen molar-refractivity contribution in [3.05, 3.63) is 85.7 Å². The van der Waals surface area contributed by atoms with Crippen LogP contribution in [0.1, 0.15) is 75.1 Å². The summed E-state index contributed by atoms with van der Waals surface area (Å²) in [6.07, 6.45) is 6.77. The molecule has 2 heterocycles. The van der Waals surface area contributed by atoms with Gasteiger partial charge < -0.3 is 4.74 Å². The van der Waals surface area contributed by atoms with Gasteiger partial charge in [-0.15, -0.1) is 0 Å². The maximum Gasteiger partial charge on any atom is 0.269 e. The number of nitro groups is 1. The fourth-order valence-corrected chi connectivity index (χ4v) is 7.74. The molecule has 1 spiro atoms. The number of hydrogen-bond acceptors (Lipinski definition) is 6. The summed E-state index contributed by atoms with van der Waals surface area (Å²) in [5.41, 5.74) is 4.82. The number of nitro benzene ring substituents is 1. The lowest BCUT2D eigenvalue weighted by atomic mass is 9.68. The predicted molar refractivity (Wildman–Crippen MR) is 149 cm³/mol. The van der Waals surface area contributed by atoms with Gasteiger partial charge in [0.1, 0.15) is 0 Å². The molecule has 1 aromatic heterocycles. The molecule has 6 rings (SSSR count). The van der Waals surface area contributed by atoms with Gasteiger partial charge in [0, 0.05) is 41.5 Å². The monoisotopic (exact) mass is 531 g/mol. The molecule has 0 N–H and O–H groups in total. The third-order valence-corrected chi connectivity index (χ3v) is 9.55. The SMILES string of the molecule is CC1(C)CC(n2c(SCc3ccc([N+](=O)[O-])cc3)nc3c(c2=O)C2(CCCC2)Cc2ccccc2-3)CCO1. The molecule has 8 heteroatoms. The van der Waals surface area contributed by atoms with Gasteiger partial charge in [0.15, 0.2) is 5.16 Å². The zero-order valence-electron chi connectivity index (χ0n) is 21.9. The van der Waals surface area contributed by atoms with E-state index in [4.69, 9.17) is 9.72 Å². The van der Waals surface area contributed by atoms with Crippen LogP contribution in [0.4, 0.5) is 5.69 Å². The Kier molecular flexibility index (Phi) is 6.43. The molecule has 0 bridgehead atoms. The lowest BCUT2D eigenvalue weighted by Crippen LogP contribution is -2.44.